The third-order valence-electron chi connectivity index (χ3n) is 4.34. The van der Waals surface area contributed by atoms with Crippen LogP contribution in [0.3, 0.4) is 0 Å². The van der Waals surface area contributed by atoms with Crippen molar-refractivity contribution in [2.45, 2.75) is 23.6 Å². The molecule has 0 unspecified atom stereocenters. The Hall–Kier alpha value is -2.63. The quantitative estimate of drug-likeness (QED) is 0.679. The summed E-state index contributed by atoms with van der Waals surface area (Å²) in [4.78, 5) is 11.4. The normalized spacial score (nSPS) is 14.1. The van der Waals surface area contributed by atoms with Crippen molar-refractivity contribution in [2.75, 3.05) is 29.7 Å². The number of sulfonamides is 2. The molecule has 0 saturated carbocycles. The van der Waals surface area contributed by atoms with Crippen LogP contribution in [0.5, 0.6) is 5.75 Å². The summed E-state index contributed by atoms with van der Waals surface area (Å²) in [7, 11) is -7.58. The third kappa shape index (κ3) is 4.36. The first kappa shape index (κ1) is 21.1. The molecule has 3 rings (SSSR count). The van der Waals surface area contributed by atoms with E-state index in [0.29, 0.717) is 18.8 Å². The SMILES string of the molecule is CCN(CC)S(=O)(=O)c1ccc(NS(=O)(=O)c2ccc3c(c2)NC(=O)CO3)cc1. The molecule has 0 atom stereocenters. The molecule has 11 heteroatoms. The standard InChI is InChI=1S/C18H21N3O6S2/c1-3-21(4-2)29(25,26)14-7-5-13(6-8-14)20-28(23,24)15-9-10-17-16(11-15)19-18(22)12-27-17/h5-11,20H,3-4,12H2,1-2H3,(H,19,22). The lowest BCUT2D eigenvalue weighted by molar-refractivity contribution is -0.118. The number of amides is 1. The molecule has 2 N–H and O–H groups in total. The van der Waals surface area contributed by atoms with Gasteiger partial charge in [-0.1, -0.05) is 13.8 Å². The first-order valence-electron chi connectivity index (χ1n) is 8.87. The molecule has 2 aromatic rings. The highest BCUT2D eigenvalue weighted by Gasteiger charge is 2.23. The summed E-state index contributed by atoms with van der Waals surface area (Å²) in [5, 5.41) is 2.55. The number of hydrogen-bond donors (Lipinski definition) is 2. The highest BCUT2D eigenvalue weighted by molar-refractivity contribution is 7.92. The fourth-order valence-corrected chi connectivity index (χ4v) is 5.39. The molecule has 1 aliphatic heterocycles. The summed E-state index contributed by atoms with van der Waals surface area (Å²) in [5.41, 5.74) is 0.478. The van der Waals surface area contributed by atoms with Crippen molar-refractivity contribution >= 4 is 37.3 Å². The van der Waals surface area contributed by atoms with Gasteiger partial charge in [-0.25, -0.2) is 16.8 Å². The number of nitrogens with one attached hydrogen (secondary N) is 2. The molecule has 1 heterocycles. The van der Waals surface area contributed by atoms with Crippen LogP contribution in [0.15, 0.2) is 52.3 Å². The number of rotatable bonds is 7. The van der Waals surface area contributed by atoms with Crippen molar-refractivity contribution in [3.05, 3.63) is 42.5 Å². The number of hydrogen-bond acceptors (Lipinski definition) is 6. The second kappa shape index (κ2) is 8.01. The van der Waals surface area contributed by atoms with E-state index in [0.717, 1.165) is 0 Å². The summed E-state index contributed by atoms with van der Waals surface area (Å²) in [6, 6.07) is 9.60. The highest BCUT2D eigenvalue weighted by Crippen LogP contribution is 2.31. The number of fused-ring (bicyclic) bond motifs is 1. The van der Waals surface area contributed by atoms with E-state index in [1.807, 2.05) is 0 Å². The Kier molecular flexibility index (Phi) is 5.82. The van der Waals surface area contributed by atoms with Crippen molar-refractivity contribution < 1.29 is 26.4 Å². The molecule has 0 aliphatic carbocycles. The van der Waals surface area contributed by atoms with Crippen LogP contribution in [0.1, 0.15) is 13.8 Å². The van der Waals surface area contributed by atoms with Gasteiger partial charge in [0.05, 0.1) is 15.5 Å². The Morgan fingerprint density at radius 1 is 1.00 bits per heavy atom. The summed E-state index contributed by atoms with van der Waals surface area (Å²) in [5.74, 6) is 0.0134. The Balaban J connectivity index is 1.83. The van der Waals surface area contributed by atoms with Crippen molar-refractivity contribution in [3.63, 3.8) is 0 Å². The van der Waals surface area contributed by atoms with Crippen LogP contribution in [0.25, 0.3) is 0 Å². The topological polar surface area (TPSA) is 122 Å². The molecular formula is C18H21N3O6S2. The van der Waals surface area contributed by atoms with Gasteiger partial charge in [0.15, 0.2) is 6.61 Å². The number of benzene rings is 2. The number of nitrogens with zero attached hydrogens (tertiary/aromatic N) is 1. The summed E-state index contributed by atoms with van der Waals surface area (Å²) >= 11 is 0. The van der Waals surface area contributed by atoms with Crippen LogP contribution in [0.4, 0.5) is 11.4 Å². The summed E-state index contributed by atoms with van der Waals surface area (Å²) < 4.78 is 59.3. The van der Waals surface area contributed by atoms with Crippen molar-refractivity contribution in [2.24, 2.45) is 0 Å². The van der Waals surface area contributed by atoms with Crippen LogP contribution in [-0.2, 0) is 24.8 Å². The number of carbonyl (C=O) groups is 1. The van der Waals surface area contributed by atoms with Crippen LogP contribution >= 0.6 is 0 Å². The minimum absolute atomic E-state index is 0.0677. The lowest BCUT2D eigenvalue weighted by Gasteiger charge is -2.19. The first-order valence-corrected chi connectivity index (χ1v) is 11.8. The summed E-state index contributed by atoms with van der Waals surface area (Å²) in [6.07, 6.45) is 0. The number of carbonyl (C=O) groups excluding carboxylic acids is 1. The Labute approximate surface area is 169 Å². The van der Waals surface area contributed by atoms with Gasteiger partial charge in [0.1, 0.15) is 5.75 Å². The van der Waals surface area contributed by atoms with Crippen molar-refractivity contribution in [1.82, 2.24) is 4.31 Å². The molecule has 0 radical (unpaired) electrons. The average Bonchev–Trinajstić information content (AvgIpc) is 2.68. The van der Waals surface area contributed by atoms with E-state index in [1.54, 1.807) is 13.8 Å². The van der Waals surface area contributed by atoms with Crippen molar-refractivity contribution in [1.29, 1.82) is 0 Å². The maximum atomic E-state index is 12.7. The van der Waals surface area contributed by atoms with Crippen LogP contribution < -0.4 is 14.8 Å². The van der Waals surface area contributed by atoms with Gasteiger partial charge < -0.3 is 10.1 Å². The minimum atomic E-state index is -3.95. The molecule has 0 spiro atoms. The molecule has 156 valence electrons. The molecule has 0 saturated heterocycles. The number of ether oxygens (including phenoxy) is 1. The molecule has 0 fully saturated rings. The zero-order chi connectivity index (χ0) is 21.2. The predicted molar refractivity (Wildman–Crippen MR) is 108 cm³/mol. The maximum absolute atomic E-state index is 12.7. The maximum Gasteiger partial charge on any atom is 0.262 e. The third-order valence-corrected chi connectivity index (χ3v) is 7.79. The monoisotopic (exact) mass is 439 g/mol. The zero-order valence-electron chi connectivity index (χ0n) is 15.9. The van der Waals surface area contributed by atoms with Crippen LogP contribution in [-0.4, -0.2) is 46.7 Å². The van der Waals surface area contributed by atoms with Gasteiger partial charge in [-0.2, -0.15) is 4.31 Å². The molecule has 0 bridgehead atoms. The Morgan fingerprint density at radius 3 is 2.24 bits per heavy atom. The van der Waals surface area contributed by atoms with E-state index >= 15 is 0 Å². The van der Waals surface area contributed by atoms with Gasteiger partial charge in [-0.3, -0.25) is 9.52 Å². The van der Waals surface area contributed by atoms with E-state index in [-0.39, 0.29) is 33.7 Å². The Bertz CT molecular complexity index is 1120. The van der Waals surface area contributed by atoms with Crippen LogP contribution in [0, 0.1) is 0 Å². The van der Waals surface area contributed by atoms with Crippen LogP contribution in [0.2, 0.25) is 0 Å². The molecule has 2 aromatic carbocycles. The van der Waals surface area contributed by atoms with Gasteiger partial charge in [-0.15, -0.1) is 0 Å². The van der Waals surface area contributed by atoms with Gasteiger partial charge in [0.25, 0.3) is 15.9 Å². The second-order valence-electron chi connectivity index (χ2n) is 6.21. The number of anilines is 2. The predicted octanol–water partition coefficient (Wildman–Crippen LogP) is 1.85. The summed E-state index contributed by atoms with van der Waals surface area (Å²) in [6.45, 7) is 4.04. The molecular weight excluding hydrogens is 418 g/mol. The highest BCUT2D eigenvalue weighted by atomic mass is 32.2. The van der Waals surface area contributed by atoms with E-state index in [4.69, 9.17) is 4.74 Å². The lowest BCUT2D eigenvalue weighted by Crippen LogP contribution is -2.30. The van der Waals surface area contributed by atoms with Gasteiger partial charge >= 0.3 is 0 Å². The molecule has 9 nitrogen and oxygen atoms in total. The Morgan fingerprint density at radius 2 is 1.62 bits per heavy atom. The smallest absolute Gasteiger partial charge is 0.262 e. The molecule has 0 aromatic heterocycles. The minimum Gasteiger partial charge on any atom is -0.482 e. The largest absolute Gasteiger partial charge is 0.482 e. The van der Waals surface area contributed by atoms with E-state index in [9.17, 15) is 21.6 Å². The van der Waals surface area contributed by atoms with Gasteiger partial charge in [0.2, 0.25) is 10.0 Å². The molecule has 1 amide bonds. The molecule has 29 heavy (non-hydrogen) atoms. The van der Waals surface area contributed by atoms with E-state index < -0.39 is 20.0 Å². The van der Waals surface area contributed by atoms with E-state index in [1.165, 1.54) is 46.8 Å². The molecule has 1 aliphatic rings. The average molecular weight is 440 g/mol. The van der Waals surface area contributed by atoms with E-state index in [2.05, 4.69) is 10.0 Å². The zero-order valence-corrected chi connectivity index (χ0v) is 17.5. The fraction of sp³-hybridized carbons (Fsp3) is 0.278. The first-order chi connectivity index (χ1) is 13.7. The fourth-order valence-electron chi connectivity index (χ4n) is 2.85. The van der Waals surface area contributed by atoms with Gasteiger partial charge in [-0.05, 0) is 42.5 Å². The van der Waals surface area contributed by atoms with Crippen molar-refractivity contribution in [3.8, 4) is 5.75 Å². The second-order valence-corrected chi connectivity index (χ2v) is 9.83. The van der Waals surface area contributed by atoms with Gasteiger partial charge in [0, 0.05) is 18.8 Å². The lowest BCUT2D eigenvalue weighted by atomic mass is 10.2.